The molecule has 16 unspecified atom stereocenters. The van der Waals surface area contributed by atoms with Crippen molar-refractivity contribution in [1.82, 2.24) is 0 Å². The molecule has 0 aliphatic carbocycles. The van der Waals surface area contributed by atoms with Crippen molar-refractivity contribution in [3.05, 3.63) is 0 Å². The normalized spacial score (nSPS) is 59.7. The first-order valence-electron chi connectivity index (χ1n) is 28.1. The second-order valence-electron chi connectivity index (χ2n) is 24.7. The molecule has 70 heavy (non-hydrogen) atoms. The zero-order chi connectivity index (χ0) is 51.1. The number of ether oxygens (including phenoxy) is 14. The third kappa shape index (κ3) is 10.6. The average molecular weight is 995 g/mol. The molecule has 14 nitrogen and oxygen atoms in total. The highest BCUT2D eigenvalue weighted by Crippen LogP contribution is 2.46. The first-order chi connectivity index (χ1) is 32.9. The van der Waals surface area contributed by atoms with Crippen LogP contribution in [0.2, 0.25) is 0 Å². The Morgan fingerprint density at radius 3 is 0.329 bits per heavy atom. The van der Waals surface area contributed by atoms with Crippen LogP contribution in [0.1, 0.15) is 145 Å². The first kappa shape index (κ1) is 55.7. The van der Waals surface area contributed by atoms with E-state index in [4.69, 9.17) is 66.3 Å². The van der Waals surface area contributed by atoms with Gasteiger partial charge in [-0.15, -0.1) is 0 Å². The molecule has 406 valence electrons. The molecule has 0 N–H and O–H groups in total. The zero-order valence-corrected chi connectivity index (χ0v) is 46.9. The van der Waals surface area contributed by atoms with Crippen molar-refractivity contribution in [3.63, 3.8) is 0 Å². The molecule has 0 amide bonds. The summed E-state index contributed by atoms with van der Waals surface area (Å²) in [6.07, 6.45) is -5.78. The van der Waals surface area contributed by atoms with Crippen LogP contribution >= 0.6 is 0 Å². The third-order valence-corrected chi connectivity index (χ3v) is 20.2. The zero-order valence-electron chi connectivity index (χ0n) is 46.9. The molecular weight excluding hydrogens is 897 g/mol. The van der Waals surface area contributed by atoms with Gasteiger partial charge in [-0.1, -0.05) is 96.9 Å². The van der Waals surface area contributed by atoms with Crippen LogP contribution in [-0.4, -0.2) is 129 Å². The molecule has 21 aliphatic rings. The van der Waals surface area contributed by atoms with E-state index in [1.165, 1.54) is 0 Å². The van der Waals surface area contributed by atoms with E-state index in [0.717, 1.165) is 0 Å². The highest BCUT2D eigenvalue weighted by atomic mass is 16.8. The van der Waals surface area contributed by atoms with Gasteiger partial charge in [-0.05, 0) is 89.9 Å². The fraction of sp³-hybridized carbons (Fsp3) is 1.00. The Kier molecular flexibility index (Phi) is 17.6. The third-order valence-electron chi connectivity index (χ3n) is 20.2. The molecule has 0 saturated carbocycles. The maximum atomic E-state index is 6.97. The maximum absolute atomic E-state index is 6.97. The lowest BCUT2D eigenvalue weighted by Crippen LogP contribution is -2.59. The highest BCUT2D eigenvalue weighted by molar-refractivity contribution is 4.96. The van der Waals surface area contributed by atoms with Crippen molar-refractivity contribution in [2.24, 2.45) is 82.9 Å². The Morgan fingerprint density at radius 1 is 0.129 bits per heavy atom. The molecule has 21 rings (SSSR count). The Morgan fingerprint density at radius 2 is 0.229 bits per heavy atom. The van der Waals surface area contributed by atoms with Gasteiger partial charge >= 0.3 is 0 Å². The lowest BCUT2D eigenvalue weighted by Gasteiger charge is -2.51. The molecule has 0 spiro atoms. The monoisotopic (exact) mass is 995 g/mol. The van der Waals surface area contributed by atoms with Gasteiger partial charge in [0.05, 0.1) is 85.5 Å². The fourth-order valence-corrected chi connectivity index (χ4v) is 13.5. The minimum Gasteiger partial charge on any atom is -0.347 e. The molecule has 21 aliphatic heterocycles. The van der Waals surface area contributed by atoms with E-state index in [9.17, 15) is 0 Å². The van der Waals surface area contributed by atoms with E-state index in [-0.39, 0.29) is 168 Å². The van der Waals surface area contributed by atoms with Gasteiger partial charge in [0.2, 0.25) is 0 Å². The van der Waals surface area contributed by atoms with Crippen LogP contribution in [0.25, 0.3) is 0 Å². The SMILES string of the molecule is CC1O[C@H]2O[C@H]3C(C)O[C@@H](O[C@H]4C(C)O[C@@H](O[C@H]5C(C)O[C@@H](O[C@H]6C(C)O[C@H](O[C@H]7C(C)O[C@@H](O[C@H]8C(C)O[C@@H](OC1C(C)C2C)C(C)[C@H]8C)C(C)[C@H]7C)C(C)[C@H]6C)C(C)[C@H]5C)C(C)[C@H]4C)[C@H](C)C3C. The van der Waals surface area contributed by atoms with Crippen LogP contribution in [-0.2, 0) is 66.3 Å². The summed E-state index contributed by atoms with van der Waals surface area (Å²) in [6, 6.07) is 0. The molecular formula is C56H98O14. The molecule has 21 saturated heterocycles. The number of rotatable bonds is 0. The van der Waals surface area contributed by atoms with Gasteiger partial charge in [-0.25, -0.2) is 0 Å². The molecule has 21 heterocycles. The smallest absolute Gasteiger partial charge is 0.161 e. The van der Waals surface area contributed by atoms with Crippen molar-refractivity contribution in [2.75, 3.05) is 0 Å². The molecule has 35 atom stereocenters. The summed E-state index contributed by atoms with van der Waals surface area (Å²) in [6.45, 7) is 46.0. The van der Waals surface area contributed by atoms with Crippen LogP contribution in [0.3, 0.4) is 0 Å². The Balaban J connectivity index is 1.02. The van der Waals surface area contributed by atoms with Gasteiger partial charge in [0.15, 0.2) is 44.0 Å². The standard InChI is InChI=1S/C56H98O14/c1-22-29(8)50-57-36(15)43(22)64-51-30(9)23(2)45(38(17)58-51)66-53-32(11)25(4)47(40(19)60-53)68-55-34(13)27(6)49(42(21)62-55)70-56-35(14)28(7)48(41(20)63-56)69-54-33(12)26(5)46(39(18)61-54)67-52-31(10)24(3)44(65-50)37(16)59-52/h22-56H,1-21H3/t22-,23-,24-,25-,26-,27?,28?,29?,30?,31?,32?,33?,34-,35?,36?,37?,38?,39?,40?,41?,42?,43-,44-,45-,46-,47-,48?,49-,50-,51+,52+,53+,54+,55+,56+/m1/s1. The minimum absolute atomic E-state index is 0.0576. The summed E-state index contributed by atoms with van der Waals surface area (Å²) >= 11 is 0. The van der Waals surface area contributed by atoms with E-state index in [1.807, 2.05) is 0 Å². The summed E-state index contributed by atoms with van der Waals surface area (Å²) in [5.74, 6) is 1.37. The summed E-state index contributed by atoms with van der Waals surface area (Å²) in [5.41, 5.74) is 0. The maximum Gasteiger partial charge on any atom is 0.161 e. The molecule has 0 radical (unpaired) electrons. The first-order valence-corrected chi connectivity index (χ1v) is 28.1. The quantitative estimate of drug-likeness (QED) is 0.228. The van der Waals surface area contributed by atoms with E-state index in [2.05, 4.69) is 145 Å². The summed E-state index contributed by atoms with van der Waals surface area (Å²) in [7, 11) is 0. The largest absolute Gasteiger partial charge is 0.347 e. The minimum atomic E-state index is -0.419. The van der Waals surface area contributed by atoms with E-state index in [1.54, 1.807) is 0 Å². The highest BCUT2D eigenvalue weighted by Gasteiger charge is 2.54. The number of hydrogen-bond acceptors (Lipinski definition) is 14. The number of hydrogen-bond donors (Lipinski definition) is 0. The van der Waals surface area contributed by atoms with Crippen LogP contribution < -0.4 is 0 Å². The Labute approximate surface area is 422 Å². The van der Waals surface area contributed by atoms with Crippen molar-refractivity contribution in [3.8, 4) is 0 Å². The van der Waals surface area contributed by atoms with Crippen molar-refractivity contribution < 1.29 is 66.3 Å². The molecule has 21 fully saturated rings. The van der Waals surface area contributed by atoms with Gasteiger partial charge in [0, 0.05) is 41.4 Å². The molecule has 0 aromatic rings. The lowest BCUT2D eigenvalue weighted by molar-refractivity contribution is -0.364. The predicted octanol–water partition coefficient (Wildman–Crippen LogP) is 9.82. The summed E-state index contributed by atoms with van der Waals surface area (Å²) in [5, 5.41) is 0. The second-order valence-corrected chi connectivity index (χ2v) is 24.7. The van der Waals surface area contributed by atoms with E-state index in [0.29, 0.717) is 0 Å². The summed E-state index contributed by atoms with van der Waals surface area (Å²) in [4.78, 5) is 0. The lowest BCUT2D eigenvalue weighted by atomic mass is 9.81. The fourth-order valence-electron chi connectivity index (χ4n) is 13.5. The molecule has 14 bridgehead atoms. The van der Waals surface area contributed by atoms with Crippen LogP contribution in [0.4, 0.5) is 0 Å². The van der Waals surface area contributed by atoms with Crippen molar-refractivity contribution >= 4 is 0 Å². The molecule has 0 aromatic heterocycles. The average Bonchev–Trinajstić information content (AvgIpc) is 3.31. The van der Waals surface area contributed by atoms with Crippen LogP contribution in [0.15, 0.2) is 0 Å². The summed E-state index contributed by atoms with van der Waals surface area (Å²) < 4.78 is 96.1. The second kappa shape index (κ2) is 22.2. The van der Waals surface area contributed by atoms with Crippen LogP contribution in [0.5, 0.6) is 0 Å². The molecule has 14 heteroatoms. The Hall–Kier alpha value is -0.560. The van der Waals surface area contributed by atoms with E-state index < -0.39 is 44.0 Å². The van der Waals surface area contributed by atoms with Gasteiger partial charge in [-0.3, -0.25) is 0 Å². The van der Waals surface area contributed by atoms with E-state index >= 15 is 0 Å². The van der Waals surface area contributed by atoms with Crippen molar-refractivity contribution in [2.45, 2.75) is 275 Å². The topological polar surface area (TPSA) is 129 Å². The molecule has 0 aromatic carbocycles. The van der Waals surface area contributed by atoms with Gasteiger partial charge in [0.25, 0.3) is 0 Å². The van der Waals surface area contributed by atoms with Crippen molar-refractivity contribution in [1.29, 1.82) is 0 Å². The van der Waals surface area contributed by atoms with Crippen LogP contribution in [0, 0.1) is 82.9 Å². The van der Waals surface area contributed by atoms with Gasteiger partial charge in [-0.2, -0.15) is 0 Å². The van der Waals surface area contributed by atoms with Gasteiger partial charge < -0.3 is 66.3 Å². The predicted molar refractivity (Wildman–Crippen MR) is 263 cm³/mol. The van der Waals surface area contributed by atoms with Gasteiger partial charge in [0.1, 0.15) is 0 Å². The Bertz CT molecular complexity index is 1360.